The third-order valence-corrected chi connectivity index (χ3v) is 3.54. The fourth-order valence-corrected chi connectivity index (χ4v) is 2.43. The number of benzene rings is 1. The molecule has 122 valence electrons. The van der Waals surface area contributed by atoms with E-state index in [2.05, 4.69) is 4.98 Å². The lowest BCUT2D eigenvalue weighted by Gasteiger charge is -2.30. The monoisotopic (exact) mass is 333 g/mol. The number of nitriles is 1. The van der Waals surface area contributed by atoms with Crippen molar-refractivity contribution in [1.29, 1.82) is 5.26 Å². The van der Waals surface area contributed by atoms with Crippen molar-refractivity contribution in [3.63, 3.8) is 0 Å². The van der Waals surface area contributed by atoms with E-state index in [1.165, 1.54) is 12.4 Å². The third kappa shape index (κ3) is 2.76. The van der Waals surface area contributed by atoms with Gasteiger partial charge in [-0.1, -0.05) is 12.1 Å². The lowest BCUT2D eigenvalue weighted by atomic mass is 10.0. The Balaban J connectivity index is 2.06. The zero-order valence-corrected chi connectivity index (χ0v) is 12.2. The molecule has 0 saturated heterocycles. The third-order valence-electron chi connectivity index (χ3n) is 3.54. The van der Waals surface area contributed by atoms with Crippen molar-refractivity contribution in [2.75, 3.05) is 18.1 Å². The summed E-state index contributed by atoms with van der Waals surface area (Å²) in [6, 6.07) is 8.43. The number of alkyl halides is 3. The van der Waals surface area contributed by atoms with Crippen molar-refractivity contribution in [3.8, 4) is 22.9 Å². The molecule has 1 aromatic carbocycles. The molecule has 0 spiro atoms. The largest absolute Gasteiger partial charge is 0.489 e. The lowest BCUT2D eigenvalue weighted by molar-refractivity contribution is -0.170. The van der Waals surface area contributed by atoms with Crippen molar-refractivity contribution < 1.29 is 22.7 Å². The molecular formula is C16H10F3N3O2. The fraction of sp³-hybridized carbons (Fsp3) is 0.188. The minimum absolute atomic E-state index is 0.0227. The number of anilines is 1. The second-order valence-electron chi connectivity index (χ2n) is 5.03. The number of ether oxygens (including phenoxy) is 1. The predicted molar refractivity (Wildman–Crippen MR) is 78.3 cm³/mol. The van der Waals surface area contributed by atoms with Crippen molar-refractivity contribution in [2.45, 2.75) is 6.18 Å². The second kappa shape index (κ2) is 5.85. The van der Waals surface area contributed by atoms with Crippen LogP contribution in [0.4, 0.5) is 18.9 Å². The average molecular weight is 333 g/mol. The topological polar surface area (TPSA) is 66.2 Å². The van der Waals surface area contributed by atoms with Gasteiger partial charge >= 0.3 is 12.1 Å². The van der Waals surface area contributed by atoms with Gasteiger partial charge in [0.05, 0.1) is 24.4 Å². The molecule has 0 saturated carbocycles. The zero-order valence-electron chi connectivity index (χ0n) is 12.2. The Morgan fingerprint density at radius 3 is 2.58 bits per heavy atom. The Morgan fingerprint density at radius 1 is 1.25 bits per heavy atom. The Hall–Kier alpha value is -3.08. The molecule has 8 heteroatoms. The van der Waals surface area contributed by atoms with E-state index in [1.807, 2.05) is 6.07 Å². The van der Waals surface area contributed by atoms with Gasteiger partial charge < -0.3 is 4.74 Å². The van der Waals surface area contributed by atoms with E-state index in [0.29, 0.717) is 21.6 Å². The number of amides is 1. The summed E-state index contributed by atoms with van der Waals surface area (Å²) in [6.07, 6.45) is -2.36. The molecule has 0 N–H and O–H groups in total. The van der Waals surface area contributed by atoms with Crippen LogP contribution in [-0.2, 0) is 4.79 Å². The molecule has 1 aliphatic rings. The van der Waals surface area contributed by atoms with Crippen molar-refractivity contribution in [1.82, 2.24) is 4.98 Å². The summed E-state index contributed by atoms with van der Waals surface area (Å²) in [5.74, 6) is -1.79. The Kier molecular flexibility index (Phi) is 3.85. The average Bonchev–Trinajstić information content (AvgIpc) is 2.59. The standard InChI is InChI=1S/C16H10F3N3O2/c17-16(18,19)15(23)22-5-6-24-14-12(8-21-9-13(14)22)11-3-1-10(7-20)2-4-11/h1-4,8-9H,5-6H2. The van der Waals surface area contributed by atoms with Crippen LogP contribution in [0.15, 0.2) is 36.7 Å². The van der Waals surface area contributed by atoms with E-state index < -0.39 is 12.1 Å². The SMILES string of the molecule is N#Cc1ccc(-c2cncc3c2OCCN3C(=O)C(F)(F)F)cc1. The van der Waals surface area contributed by atoms with Gasteiger partial charge in [-0.2, -0.15) is 18.4 Å². The summed E-state index contributed by atoms with van der Waals surface area (Å²) >= 11 is 0. The van der Waals surface area contributed by atoms with Gasteiger partial charge in [0.25, 0.3) is 0 Å². The van der Waals surface area contributed by atoms with Crippen molar-refractivity contribution in [2.24, 2.45) is 0 Å². The van der Waals surface area contributed by atoms with Crippen LogP contribution in [0, 0.1) is 11.3 Å². The van der Waals surface area contributed by atoms with Crippen molar-refractivity contribution in [3.05, 3.63) is 42.2 Å². The summed E-state index contributed by atoms with van der Waals surface area (Å²) in [6.45, 7) is -0.258. The van der Waals surface area contributed by atoms with Crippen LogP contribution in [0.3, 0.4) is 0 Å². The maximum absolute atomic E-state index is 12.8. The molecule has 5 nitrogen and oxygen atoms in total. The number of carbonyl (C=O) groups excluding carboxylic acids is 1. The van der Waals surface area contributed by atoms with Crippen LogP contribution in [0.2, 0.25) is 0 Å². The summed E-state index contributed by atoms with van der Waals surface area (Å²) in [5, 5.41) is 8.83. The van der Waals surface area contributed by atoms with E-state index in [4.69, 9.17) is 10.00 Å². The molecule has 1 aliphatic heterocycles. The number of hydrogen-bond donors (Lipinski definition) is 0. The first kappa shape index (κ1) is 15.8. The minimum Gasteiger partial charge on any atom is -0.489 e. The van der Waals surface area contributed by atoms with Crippen LogP contribution in [-0.4, -0.2) is 30.2 Å². The number of carbonyl (C=O) groups is 1. The normalized spacial score (nSPS) is 13.7. The van der Waals surface area contributed by atoms with E-state index in [9.17, 15) is 18.0 Å². The highest BCUT2D eigenvalue weighted by Crippen LogP contribution is 2.40. The molecule has 0 radical (unpaired) electrons. The fourth-order valence-electron chi connectivity index (χ4n) is 2.43. The Bertz CT molecular complexity index is 826. The lowest BCUT2D eigenvalue weighted by Crippen LogP contribution is -2.45. The van der Waals surface area contributed by atoms with Crippen molar-refractivity contribution >= 4 is 11.6 Å². The molecule has 24 heavy (non-hydrogen) atoms. The quantitative estimate of drug-likeness (QED) is 0.805. The number of rotatable bonds is 1. The summed E-state index contributed by atoms with van der Waals surface area (Å²) in [7, 11) is 0. The highest BCUT2D eigenvalue weighted by molar-refractivity contribution is 6.00. The van der Waals surface area contributed by atoms with E-state index in [1.54, 1.807) is 24.3 Å². The van der Waals surface area contributed by atoms with E-state index in [0.717, 1.165) is 0 Å². The predicted octanol–water partition coefficient (Wildman–Crippen LogP) is 2.91. The molecule has 1 amide bonds. The number of hydrogen-bond acceptors (Lipinski definition) is 4. The van der Waals surface area contributed by atoms with Gasteiger partial charge in [0.1, 0.15) is 12.3 Å². The number of pyridine rings is 1. The van der Waals surface area contributed by atoms with Gasteiger partial charge in [0.2, 0.25) is 0 Å². The van der Waals surface area contributed by atoms with Gasteiger partial charge in [0, 0.05) is 11.8 Å². The molecule has 0 bridgehead atoms. The molecule has 1 aromatic heterocycles. The first-order valence-corrected chi connectivity index (χ1v) is 6.92. The number of nitrogens with zero attached hydrogens (tertiary/aromatic N) is 3. The maximum Gasteiger partial charge on any atom is 0.471 e. The minimum atomic E-state index is -4.97. The molecule has 2 aromatic rings. The van der Waals surface area contributed by atoms with E-state index in [-0.39, 0.29) is 24.6 Å². The highest BCUT2D eigenvalue weighted by atomic mass is 19.4. The maximum atomic E-state index is 12.8. The first-order valence-electron chi connectivity index (χ1n) is 6.92. The molecule has 2 heterocycles. The molecule has 3 rings (SSSR count). The second-order valence-corrected chi connectivity index (χ2v) is 5.03. The summed E-state index contributed by atoms with van der Waals surface area (Å²) in [5.41, 5.74) is 1.51. The van der Waals surface area contributed by atoms with Crippen LogP contribution in [0.25, 0.3) is 11.1 Å². The zero-order chi connectivity index (χ0) is 17.3. The van der Waals surface area contributed by atoms with Crippen LogP contribution in [0.1, 0.15) is 5.56 Å². The molecular weight excluding hydrogens is 323 g/mol. The number of aromatic nitrogens is 1. The Morgan fingerprint density at radius 2 is 1.96 bits per heavy atom. The number of fused-ring (bicyclic) bond motifs is 1. The molecule has 0 aliphatic carbocycles. The number of halogens is 3. The van der Waals surface area contributed by atoms with Gasteiger partial charge in [-0.15, -0.1) is 0 Å². The van der Waals surface area contributed by atoms with Crippen LogP contribution < -0.4 is 9.64 Å². The van der Waals surface area contributed by atoms with Gasteiger partial charge in [-0.05, 0) is 17.7 Å². The Labute approximate surface area is 134 Å². The first-order chi connectivity index (χ1) is 11.4. The molecule has 0 atom stereocenters. The van der Waals surface area contributed by atoms with Crippen LogP contribution in [0.5, 0.6) is 5.75 Å². The smallest absolute Gasteiger partial charge is 0.471 e. The summed E-state index contributed by atoms with van der Waals surface area (Å²) in [4.78, 5) is 16.1. The van der Waals surface area contributed by atoms with Crippen LogP contribution >= 0.6 is 0 Å². The van der Waals surface area contributed by atoms with Gasteiger partial charge in [-0.25, -0.2) is 0 Å². The van der Waals surface area contributed by atoms with E-state index >= 15 is 0 Å². The summed E-state index contributed by atoms with van der Waals surface area (Å²) < 4.78 is 43.7. The molecule has 0 fully saturated rings. The van der Waals surface area contributed by atoms with Gasteiger partial charge in [0.15, 0.2) is 5.75 Å². The highest BCUT2D eigenvalue weighted by Gasteiger charge is 2.44. The molecule has 0 unspecified atom stereocenters. The van der Waals surface area contributed by atoms with Gasteiger partial charge in [-0.3, -0.25) is 14.7 Å².